The molecule has 6 heteroatoms. The summed E-state index contributed by atoms with van der Waals surface area (Å²) in [6.07, 6.45) is 6.13. The zero-order valence-corrected chi connectivity index (χ0v) is 12.9. The van der Waals surface area contributed by atoms with Crippen molar-refractivity contribution in [3.63, 3.8) is 0 Å². The molecule has 114 valence electrons. The van der Waals surface area contributed by atoms with Crippen molar-refractivity contribution in [2.75, 3.05) is 5.32 Å². The Bertz CT molecular complexity index is 692. The molecule has 2 aliphatic carbocycles. The summed E-state index contributed by atoms with van der Waals surface area (Å²) in [6.45, 7) is 0. The molecule has 1 aromatic heterocycles. The van der Waals surface area contributed by atoms with E-state index in [1.807, 2.05) is 24.3 Å². The highest BCUT2D eigenvalue weighted by Crippen LogP contribution is 2.41. The van der Waals surface area contributed by atoms with Crippen LogP contribution in [0.15, 0.2) is 24.3 Å². The topological polar surface area (TPSA) is 64.1 Å². The third-order valence-electron chi connectivity index (χ3n) is 4.01. The molecule has 0 radical (unpaired) electrons. The lowest BCUT2D eigenvalue weighted by Gasteiger charge is -2.26. The zero-order valence-electron chi connectivity index (χ0n) is 12.1. The standard InChI is InChI=1S/C16H17N3O2S/c20-14(16-19-18-15(22-16)10-7-8-10)17-11-3-1-6-13(9-11)21-12-4-2-5-12/h1,3,6,9-10,12H,2,4-5,7-8H2,(H,17,20). The molecule has 1 aromatic carbocycles. The number of hydrogen-bond donors (Lipinski definition) is 1. The van der Waals surface area contributed by atoms with Crippen LogP contribution in [0, 0.1) is 0 Å². The van der Waals surface area contributed by atoms with Gasteiger partial charge in [-0.3, -0.25) is 4.79 Å². The van der Waals surface area contributed by atoms with Crippen LogP contribution in [0.25, 0.3) is 0 Å². The highest BCUT2D eigenvalue weighted by atomic mass is 32.1. The number of ether oxygens (including phenoxy) is 1. The van der Waals surface area contributed by atoms with Gasteiger partial charge in [-0.25, -0.2) is 0 Å². The third kappa shape index (κ3) is 2.97. The Kier molecular flexibility index (Phi) is 3.54. The maximum absolute atomic E-state index is 12.2. The first kappa shape index (κ1) is 13.7. The average Bonchev–Trinajstić information content (AvgIpc) is 3.21. The molecule has 1 amide bonds. The highest BCUT2D eigenvalue weighted by Gasteiger charge is 2.28. The minimum atomic E-state index is -0.204. The summed E-state index contributed by atoms with van der Waals surface area (Å²) in [7, 11) is 0. The number of carbonyl (C=O) groups excluding carboxylic acids is 1. The van der Waals surface area contributed by atoms with Gasteiger partial charge in [0, 0.05) is 17.7 Å². The van der Waals surface area contributed by atoms with Gasteiger partial charge >= 0.3 is 0 Å². The fraction of sp³-hybridized carbons (Fsp3) is 0.438. The summed E-state index contributed by atoms with van der Waals surface area (Å²) in [5.41, 5.74) is 0.727. The first-order valence-electron chi connectivity index (χ1n) is 7.69. The second kappa shape index (κ2) is 5.68. The van der Waals surface area contributed by atoms with Gasteiger partial charge in [-0.1, -0.05) is 17.4 Å². The first-order valence-corrected chi connectivity index (χ1v) is 8.51. The average molecular weight is 315 g/mol. The van der Waals surface area contributed by atoms with E-state index in [2.05, 4.69) is 15.5 Å². The second-order valence-electron chi connectivity index (χ2n) is 5.87. The van der Waals surface area contributed by atoms with E-state index in [9.17, 15) is 4.79 Å². The number of amides is 1. The number of rotatable bonds is 5. The van der Waals surface area contributed by atoms with Crippen LogP contribution in [0.1, 0.15) is 52.8 Å². The Morgan fingerprint density at radius 2 is 2.09 bits per heavy atom. The maximum atomic E-state index is 12.2. The summed E-state index contributed by atoms with van der Waals surface area (Å²) in [6, 6.07) is 7.52. The summed E-state index contributed by atoms with van der Waals surface area (Å²) < 4.78 is 5.85. The lowest BCUT2D eigenvalue weighted by molar-refractivity contribution is 0.102. The monoisotopic (exact) mass is 315 g/mol. The van der Waals surface area contributed by atoms with Crippen LogP contribution in [-0.2, 0) is 0 Å². The quantitative estimate of drug-likeness (QED) is 0.915. The molecule has 2 fully saturated rings. The van der Waals surface area contributed by atoms with E-state index in [-0.39, 0.29) is 5.91 Å². The van der Waals surface area contributed by atoms with Gasteiger partial charge in [-0.05, 0) is 44.2 Å². The molecule has 0 bridgehead atoms. The minimum Gasteiger partial charge on any atom is -0.490 e. The van der Waals surface area contributed by atoms with Gasteiger partial charge in [-0.2, -0.15) is 0 Å². The second-order valence-corrected chi connectivity index (χ2v) is 6.88. The minimum absolute atomic E-state index is 0.204. The van der Waals surface area contributed by atoms with Crippen LogP contribution in [0.4, 0.5) is 5.69 Å². The molecule has 22 heavy (non-hydrogen) atoms. The Morgan fingerprint density at radius 3 is 2.82 bits per heavy atom. The summed E-state index contributed by atoms with van der Waals surface area (Å²) in [5, 5.41) is 12.4. The highest BCUT2D eigenvalue weighted by molar-refractivity contribution is 7.13. The molecule has 1 heterocycles. The molecule has 0 saturated heterocycles. The number of anilines is 1. The van der Waals surface area contributed by atoms with Crippen molar-refractivity contribution >= 4 is 22.9 Å². The van der Waals surface area contributed by atoms with Crippen molar-refractivity contribution in [1.82, 2.24) is 10.2 Å². The number of nitrogens with zero attached hydrogens (tertiary/aromatic N) is 2. The predicted molar refractivity (Wildman–Crippen MR) is 84.5 cm³/mol. The van der Waals surface area contributed by atoms with Crippen molar-refractivity contribution < 1.29 is 9.53 Å². The number of benzene rings is 1. The fourth-order valence-corrected chi connectivity index (χ4v) is 3.24. The largest absolute Gasteiger partial charge is 0.490 e. The van der Waals surface area contributed by atoms with Gasteiger partial charge in [0.25, 0.3) is 5.91 Å². The van der Waals surface area contributed by atoms with Crippen molar-refractivity contribution in [3.05, 3.63) is 34.3 Å². The zero-order chi connectivity index (χ0) is 14.9. The van der Waals surface area contributed by atoms with Gasteiger partial charge in [0.15, 0.2) is 0 Å². The van der Waals surface area contributed by atoms with Gasteiger partial charge in [-0.15, -0.1) is 10.2 Å². The van der Waals surface area contributed by atoms with E-state index < -0.39 is 0 Å². The molecular formula is C16H17N3O2S. The van der Waals surface area contributed by atoms with Crippen LogP contribution in [0.2, 0.25) is 0 Å². The molecular weight excluding hydrogens is 298 g/mol. The Hall–Kier alpha value is -1.95. The van der Waals surface area contributed by atoms with Gasteiger partial charge in [0.05, 0.1) is 6.10 Å². The summed E-state index contributed by atoms with van der Waals surface area (Å²) in [5.74, 6) is 1.13. The van der Waals surface area contributed by atoms with Crippen LogP contribution in [0.5, 0.6) is 5.75 Å². The Morgan fingerprint density at radius 1 is 1.23 bits per heavy atom. The molecule has 5 nitrogen and oxygen atoms in total. The van der Waals surface area contributed by atoms with E-state index in [0.717, 1.165) is 42.1 Å². The van der Waals surface area contributed by atoms with E-state index >= 15 is 0 Å². The van der Waals surface area contributed by atoms with Crippen molar-refractivity contribution in [3.8, 4) is 5.75 Å². The Labute approximate surface area is 132 Å². The van der Waals surface area contributed by atoms with E-state index in [1.165, 1.54) is 17.8 Å². The summed E-state index contributed by atoms with van der Waals surface area (Å²) in [4.78, 5) is 12.2. The van der Waals surface area contributed by atoms with Crippen LogP contribution in [0.3, 0.4) is 0 Å². The predicted octanol–water partition coefficient (Wildman–Crippen LogP) is 3.60. The van der Waals surface area contributed by atoms with E-state index in [4.69, 9.17) is 4.74 Å². The smallest absolute Gasteiger partial charge is 0.286 e. The fourth-order valence-electron chi connectivity index (χ4n) is 2.33. The van der Waals surface area contributed by atoms with E-state index in [1.54, 1.807) is 0 Å². The van der Waals surface area contributed by atoms with Crippen molar-refractivity contribution in [1.29, 1.82) is 0 Å². The molecule has 0 atom stereocenters. The molecule has 1 N–H and O–H groups in total. The molecule has 0 aliphatic heterocycles. The normalized spacial score (nSPS) is 17.8. The van der Waals surface area contributed by atoms with Crippen molar-refractivity contribution in [2.45, 2.75) is 44.1 Å². The first-order chi connectivity index (χ1) is 10.8. The van der Waals surface area contributed by atoms with Gasteiger partial charge in [0.1, 0.15) is 10.8 Å². The molecule has 4 rings (SSSR count). The van der Waals surface area contributed by atoms with Gasteiger partial charge < -0.3 is 10.1 Å². The number of hydrogen-bond acceptors (Lipinski definition) is 5. The van der Waals surface area contributed by atoms with Crippen LogP contribution in [-0.4, -0.2) is 22.2 Å². The number of carbonyl (C=O) groups is 1. The molecule has 2 saturated carbocycles. The lowest BCUT2D eigenvalue weighted by atomic mass is 9.96. The van der Waals surface area contributed by atoms with Crippen molar-refractivity contribution in [2.24, 2.45) is 0 Å². The number of aromatic nitrogens is 2. The van der Waals surface area contributed by atoms with Gasteiger partial charge in [0.2, 0.25) is 5.01 Å². The SMILES string of the molecule is O=C(Nc1cccc(OC2CCC2)c1)c1nnc(C2CC2)s1. The Balaban J connectivity index is 1.42. The lowest BCUT2D eigenvalue weighted by Crippen LogP contribution is -2.24. The molecule has 2 aliphatic rings. The molecule has 0 spiro atoms. The van der Waals surface area contributed by atoms with Crippen LogP contribution < -0.4 is 10.1 Å². The molecule has 2 aromatic rings. The van der Waals surface area contributed by atoms with Crippen LogP contribution >= 0.6 is 11.3 Å². The third-order valence-corrected chi connectivity index (χ3v) is 5.09. The number of nitrogens with one attached hydrogen (secondary N) is 1. The van der Waals surface area contributed by atoms with E-state index in [0.29, 0.717) is 17.0 Å². The molecule has 0 unspecified atom stereocenters. The maximum Gasteiger partial charge on any atom is 0.286 e. The summed E-state index contributed by atoms with van der Waals surface area (Å²) >= 11 is 1.39.